The average Bonchev–Trinajstić information content (AvgIpc) is 3.22. The van der Waals surface area contributed by atoms with Crippen molar-refractivity contribution in [3.05, 3.63) is 77.7 Å². The summed E-state index contributed by atoms with van der Waals surface area (Å²) in [5.74, 6) is 0.623. The van der Waals surface area contributed by atoms with E-state index in [2.05, 4.69) is 16.4 Å². The molecule has 4 rings (SSSR count). The molecule has 3 aromatic rings. The van der Waals surface area contributed by atoms with Crippen molar-refractivity contribution in [1.82, 2.24) is 10.3 Å². The molecule has 0 fully saturated rings. The number of aryl methyl sites for hydroxylation is 1. The molecule has 1 atom stereocenters. The molecule has 0 bridgehead atoms. The van der Waals surface area contributed by atoms with Crippen molar-refractivity contribution in [2.45, 2.75) is 25.0 Å². The second kappa shape index (κ2) is 6.23. The first-order valence-electron chi connectivity index (χ1n) is 8.26. The minimum atomic E-state index is -0.789. The summed E-state index contributed by atoms with van der Waals surface area (Å²) in [4.78, 5) is 4.50. The van der Waals surface area contributed by atoms with Crippen LogP contribution in [0.15, 0.2) is 65.3 Å². The molecule has 24 heavy (non-hydrogen) atoms. The van der Waals surface area contributed by atoms with Crippen LogP contribution in [-0.2, 0) is 18.6 Å². The molecule has 1 aromatic heterocycles. The number of rotatable bonds is 5. The van der Waals surface area contributed by atoms with Gasteiger partial charge in [0.2, 0.25) is 5.89 Å². The monoisotopic (exact) mass is 320 g/mol. The number of hydrogen-bond donors (Lipinski definition) is 2. The molecule has 0 radical (unpaired) electrons. The third-order valence-corrected chi connectivity index (χ3v) is 4.62. The molecule has 0 aliphatic heterocycles. The lowest BCUT2D eigenvalue weighted by atomic mass is 9.96. The van der Waals surface area contributed by atoms with Gasteiger partial charge in [0.05, 0.1) is 5.69 Å². The highest BCUT2D eigenvalue weighted by molar-refractivity contribution is 5.52. The van der Waals surface area contributed by atoms with E-state index in [1.165, 1.54) is 5.56 Å². The fourth-order valence-electron chi connectivity index (χ4n) is 3.35. The summed E-state index contributed by atoms with van der Waals surface area (Å²) >= 11 is 0. The number of hydrogen-bond acceptors (Lipinski definition) is 4. The second-order valence-electron chi connectivity index (χ2n) is 6.30. The van der Waals surface area contributed by atoms with Gasteiger partial charge in [-0.25, -0.2) is 4.98 Å². The Morgan fingerprint density at radius 2 is 1.88 bits per heavy atom. The third kappa shape index (κ3) is 2.86. The number of fused-ring (bicyclic) bond motifs is 1. The van der Waals surface area contributed by atoms with Gasteiger partial charge >= 0.3 is 0 Å². The molecule has 1 aliphatic rings. The van der Waals surface area contributed by atoms with Crippen molar-refractivity contribution >= 4 is 0 Å². The van der Waals surface area contributed by atoms with E-state index in [0.29, 0.717) is 19.0 Å². The van der Waals surface area contributed by atoms with Gasteiger partial charge in [-0.2, -0.15) is 0 Å². The molecule has 0 saturated heterocycles. The minimum absolute atomic E-state index is 0.511. The fraction of sp³-hybridized carbons (Fsp3) is 0.250. The largest absolute Gasteiger partial charge is 0.444 e. The van der Waals surface area contributed by atoms with E-state index in [9.17, 15) is 5.11 Å². The van der Waals surface area contributed by atoms with E-state index in [1.807, 2.05) is 48.5 Å². The zero-order valence-electron chi connectivity index (χ0n) is 13.4. The summed E-state index contributed by atoms with van der Waals surface area (Å²) < 4.78 is 5.54. The standard InChI is InChI=1S/C20H20N2O2/c23-20(11-10-15-6-4-5-9-18(15)20)14-21-12-17-13-24-19(22-17)16-7-2-1-3-8-16/h1-9,13,21,23H,10-12,14H2. The lowest BCUT2D eigenvalue weighted by Gasteiger charge is -2.24. The molecule has 0 spiro atoms. The van der Waals surface area contributed by atoms with Crippen LogP contribution in [0.5, 0.6) is 0 Å². The summed E-state index contributed by atoms with van der Waals surface area (Å²) in [6.07, 6.45) is 3.35. The van der Waals surface area contributed by atoms with Crippen LogP contribution in [0.2, 0.25) is 0 Å². The number of aromatic nitrogens is 1. The maximum absolute atomic E-state index is 10.9. The zero-order valence-corrected chi connectivity index (χ0v) is 13.4. The van der Waals surface area contributed by atoms with Gasteiger partial charge < -0.3 is 14.8 Å². The third-order valence-electron chi connectivity index (χ3n) is 4.62. The highest BCUT2D eigenvalue weighted by Gasteiger charge is 2.35. The Kier molecular flexibility index (Phi) is 3.92. The fourth-order valence-corrected chi connectivity index (χ4v) is 3.35. The Morgan fingerprint density at radius 3 is 2.75 bits per heavy atom. The molecular formula is C20H20N2O2. The molecule has 4 nitrogen and oxygen atoms in total. The molecule has 1 aliphatic carbocycles. The topological polar surface area (TPSA) is 58.3 Å². The Bertz CT molecular complexity index is 828. The minimum Gasteiger partial charge on any atom is -0.444 e. The first kappa shape index (κ1) is 15.1. The lowest BCUT2D eigenvalue weighted by molar-refractivity contribution is 0.0384. The Morgan fingerprint density at radius 1 is 1.08 bits per heavy atom. The maximum atomic E-state index is 10.9. The number of nitrogens with zero attached hydrogens (tertiary/aromatic N) is 1. The summed E-state index contributed by atoms with van der Waals surface area (Å²) in [6, 6.07) is 18.0. The summed E-state index contributed by atoms with van der Waals surface area (Å²) in [5, 5.41) is 14.2. The summed E-state index contributed by atoms with van der Waals surface area (Å²) in [6.45, 7) is 1.08. The smallest absolute Gasteiger partial charge is 0.226 e. The molecule has 0 saturated carbocycles. The molecule has 0 amide bonds. The van der Waals surface area contributed by atoms with Crippen molar-refractivity contribution in [2.75, 3.05) is 6.54 Å². The summed E-state index contributed by atoms with van der Waals surface area (Å²) in [5.41, 5.74) is 3.30. The Labute approximate surface area is 141 Å². The predicted octanol–water partition coefficient (Wildman–Crippen LogP) is 3.27. The molecular weight excluding hydrogens is 300 g/mol. The van der Waals surface area contributed by atoms with E-state index in [0.717, 1.165) is 29.7 Å². The molecule has 1 unspecified atom stereocenters. The number of nitrogens with one attached hydrogen (secondary N) is 1. The lowest BCUT2D eigenvalue weighted by Crippen LogP contribution is -2.36. The van der Waals surface area contributed by atoms with E-state index >= 15 is 0 Å². The predicted molar refractivity (Wildman–Crippen MR) is 92.3 cm³/mol. The van der Waals surface area contributed by atoms with Crippen LogP contribution < -0.4 is 5.32 Å². The quantitative estimate of drug-likeness (QED) is 0.757. The van der Waals surface area contributed by atoms with Crippen molar-refractivity contribution in [1.29, 1.82) is 0 Å². The van der Waals surface area contributed by atoms with Crippen molar-refractivity contribution in [2.24, 2.45) is 0 Å². The molecule has 2 N–H and O–H groups in total. The number of aliphatic hydroxyl groups is 1. The molecule has 2 aromatic carbocycles. The van der Waals surface area contributed by atoms with Crippen molar-refractivity contribution < 1.29 is 9.52 Å². The Hall–Kier alpha value is -2.43. The second-order valence-corrected chi connectivity index (χ2v) is 6.30. The SMILES string of the molecule is OC1(CNCc2coc(-c3ccccc3)n2)CCc2ccccc21. The first-order chi connectivity index (χ1) is 11.7. The van der Waals surface area contributed by atoms with Gasteiger partial charge in [-0.3, -0.25) is 0 Å². The normalized spacial score (nSPS) is 19.4. The van der Waals surface area contributed by atoms with E-state index in [1.54, 1.807) is 6.26 Å². The van der Waals surface area contributed by atoms with Crippen LogP contribution in [0, 0.1) is 0 Å². The van der Waals surface area contributed by atoms with Gasteiger partial charge in [0.15, 0.2) is 0 Å². The van der Waals surface area contributed by atoms with Crippen molar-refractivity contribution in [3.8, 4) is 11.5 Å². The van der Waals surface area contributed by atoms with Crippen LogP contribution >= 0.6 is 0 Å². The maximum Gasteiger partial charge on any atom is 0.226 e. The van der Waals surface area contributed by atoms with Gasteiger partial charge in [-0.15, -0.1) is 0 Å². The molecule has 4 heteroatoms. The number of benzene rings is 2. The van der Waals surface area contributed by atoms with Gasteiger partial charge in [-0.05, 0) is 36.1 Å². The highest BCUT2D eigenvalue weighted by Crippen LogP contribution is 2.36. The van der Waals surface area contributed by atoms with Crippen LogP contribution in [0.4, 0.5) is 0 Å². The Balaban J connectivity index is 1.39. The van der Waals surface area contributed by atoms with Gasteiger partial charge in [0, 0.05) is 18.7 Å². The van der Waals surface area contributed by atoms with Crippen LogP contribution in [-0.4, -0.2) is 16.6 Å². The van der Waals surface area contributed by atoms with E-state index < -0.39 is 5.60 Å². The van der Waals surface area contributed by atoms with Gasteiger partial charge in [0.1, 0.15) is 11.9 Å². The van der Waals surface area contributed by atoms with Crippen molar-refractivity contribution in [3.63, 3.8) is 0 Å². The highest BCUT2D eigenvalue weighted by atomic mass is 16.3. The first-order valence-corrected chi connectivity index (χ1v) is 8.26. The van der Waals surface area contributed by atoms with Gasteiger partial charge in [0.25, 0.3) is 0 Å². The van der Waals surface area contributed by atoms with Crippen LogP contribution in [0.3, 0.4) is 0 Å². The zero-order chi connectivity index (χ0) is 16.4. The van der Waals surface area contributed by atoms with Crippen LogP contribution in [0.25, 0.3) is 11.5 Å². The van der Waals surface area contributed by atoms with Crippen LogP contribution in [0.1, 0.15) is 23.2 Å². The average molecular weight is 320 g/mol. The molecule has 122 valence electrons. The van der Waals surface area contributed by atoms with Gasteiger partial charge in [-0.1, -0.05) is 42.5 Å². The summed E-state index contributed by atoms with van der Waals surface area (Å²) in [7, 11) is 0. The molecule has 1 heterocycles. The number of oxazole rings is 1. The van der Waals surface area contributed by atoms with E-state index in [4.69, 9.17) is 4.42 Å². The van der Waals surface area contributed by atoms with E-state index in [-0.39, 0.29) is 0 Å².